The zero-order valence-corrected chi connectivity index (χ0v) is 12.6. The maximum absolute atomic E-state index is 13.6. The van der Waals surface area contributed by atoms with Crippen LogP contribution in [-0.4, -0.2) is 17.9 Å². The monoisotopic (exact) mass is 329 g/mol. The Kier molecular flexibility index (Phi) is 4.80. The highest BCUT2D eigenvalue weighted by molar-refractivity contribution is 6.42. The molecule has 2 rings (SSSR count). The molecule has 0 aliphatic carbocycles. The van der Waals surface area contributed by atoms with Crippen molar-refractivity contribution in [2.75, 3.05) is 7.05 Å². The van der Waals surface area contributed by atoms with Crippen molar-refractivity contribution in [1.29, 1.82) is 0 Å². The molecular formula is C15H11Cl2F2NO. The van der Waals surface area contributed by atoms with Gasteiger partial charge in [-0.1, -0.05) is 35.3 Å². The van der Waals surface area contributed by atoms with Gasteiger partial charge in [-0.2, -0.15) is 0 Å². The van der Waals surface area contributed by atoms with E-state index >= 15 is 0 Å². The first kappa shape index (κ1) is 15.7. The fourth-order valence-corrected chi connectivity index (χ4v) is 2.18. The Labute approximate surface area is 130 Å². The van der Waals surface area contributed by atoms with E-state index in [1.54, 1.807) is 18.2 Å². The van der Waals surface area contributed by atoms with Gasteiger partial charge in [-0.25, -0.2) is 8.78 Å². The summed E-state index contributed by atoms with van der Waals surface area (Å²) < 4.78 is 26.8. The van der Waals surface area contributed by atoms with E-state index in [-0.39, 0.29) is 12.1 Å². The second-order valence-electron chi connectivity index (χ2n) is 4.51. The van der Waals surface area contributed by atoms with Crippen LogP contribution in [0.3, 0.4) is 0 Å². The van der Waals surface area contributed by atoms with Gasteiger partial charge < -0.3 is 4.90 Å². The molecular weight excluding hydrogens is 319 g/mol. The summed E-state index contributed by atoms with van der Waals surface area (Å²) in [7, 11) is 1.50. The highest BCUT2D eigenvalue weighted by atomic mass is 35.5. The summed E-state index contributed by atoms with van der Waals surface area (Å²) >= 11 is 11.7. The number of nitrogens with zero attached hydrogens (tertiary/aromatic N) is 1. The average Bonchev–Trinajstić information content (AvgIpc) is 2.45. The summed E-state index contributed by atoms with van der Waals surface area (Å²) in [6, 6.07) is 8.44. The lowest BCUT2D eigenvalue weighted by Gasteiger charge is -2.18. The maximum Gasteiger partial charge on any atom is 0.256 e. The summed E-state index contributed by atoms with van der Waals surface area (Å²) in [5, 5.41) is 0.775. The van der Waals surface area contributed by atoms with Gasteiger partial charge in [-0.05, 0) is 29.8 Å². The molecule has 0 saturated carbocycles. The van der Waals surface area contributed by atoms with Gasteiger partial charge in [0.15, 0.2) is 11.6 Å². The van der Waals surface area contributed by atoms with E-state index in [1.807, 2.05) is 0 Å². The maximum atomic E-state index is 13.6. The Morgan fingerprint density at radius 2 is 1.86 bits per heavy atom. The van der Waals surface area contributed by atoms with Gasteiger partial charge in [0.2, 0.25) is 0 Å². The topological polar surface area (TPSA) is 20.3 Å². The molecule has 0 spiro atoms. The minimum absolute atomic E-state index is 0.200. The molecule has 0 fully saturated rings. The molecule has 0 N–H and O–H groups in total. The van der Waals surface area contributed by atoms with Crippen LogP contribution in [-0.2, 0) is 6.54 Å². The highest BCUT2D eigenvalue weighted by Crippen LogP contribution is 2.23. The molecule has 0 saturated heterocycles. The number of rotatable bonds is 3. The first-order valence-electron chi connectivity index (χ1n) is 6.03. The molecule has 0 aromatic heterocycles. The zero-order valence-electron chi connectivity index (χ0n) is 11.0. The largest absolute Gasteiger partial charge is 0.337 e. The first-order chi connectivity index (χ1) is 9.90. The lowest BCUT2D eigenvalue weighted by atomic mass is 10.1. The Hall–Kier alpha value is -1.65. The van der Waals surface area contributed by atoms with Crippen molar-refractivity contribution in [3.8, 4) is 0 Å². The number of amides is 1. The zero-order chi connectivity index (χ0) is 15.6. The standard InChI is InChI=1S/C15H11Cl2F2NO/c1-20(8-9-5-6-11(16)12(17)7-9)15(21)10-3-2-4-13(18)14(10)19/h2-7H,8H2,1H3. The number of hydrogen-bond acceptors (Lipinski definition) is 1. The van der Waals surface area contributed by atoms with Crippen molar-refractivity contribution < 1.29 is 13.6 Å². The van der Waals surface area contributed by atoms with E-state index in [4.69, 9.17) is 23.2 Å². The van der Waals surface area contributed by atoms with E-state index < -0.39 is 17.5 Å². The highest BCUT2D eigenvalue weighted by Gasteiger charge is 2.18. The fourth-order valence-electron chi connectivity index (χ4n) is 1.86. The Morgan fingerprint density at radius 1 is 1.14 bits per heavy atom. The van der Waals surface area contributed by atoms with Crippen LogP contribution >= 0.6 is 23.2 Å². The Morgan fingerprint density at radius 3 is 2.52 bits per heavy atom. The minimum Gasteiger partial charge on any atom is -0.337 e. The van der Waals surface area contributed by atoms with Crippen LogP contribution in [0.4, 0.5) is 8.78 Å². The molecule has 2 aromatic rings. The molecule has 0 aliphatic rings. The smallest absolute Gasteiger partial charge is 0.256 e. The van der Waals surface area contributed by atoms with Crippen molar-refractivity contribution in [2.45, 2.75) is 6.54 Å². The molecule has 1 amide bonds. The summed E-state index contributed by atoms with van der Waals surface area (Å²) in [5.74, 6) is -2.81. The molecule has 2 nitrogen and oxygen atoms in total. The van der Waals surface area contributed by atoms with Gasteiger partial charge in [0.25, 0.3) is 5.91 Å². The van der Waals surface area contributed by atoms with Gasteiger partial charge >= 0.3 is 0 Å². The molecule has 0 unspecified atom stereocenters. The van der Waals surface area contributed by atoms with Crippen LogP contribution in [0.1, 0.15) is 15.9 Å². The van der Waals surface area contributed by atoms with Gasteiger partial charge in [0, 0.05) is 13.6 Å². The van der Waals surface area contributed by atoms with E-state index in [1.165, 1.54) is 24.1 Å². The first-order valence-corrected chi connectivity index (χ1v) is 6.79. The number of halogens is 4. The molecule has 21 heavy (non-hydrogen) atoms. The van der Waals surface area contributed by atoms with Gasteiger partial charge in [0.05, 0.1) is 15.6 Å². The van der Waals surface area contributed by atoms with E-state index in [0.717, 1.165) is 11.6 Å². The lowest BCUT2D eigenvalue weighted by molar-refractivity contribution is 0.0779. The van der Waals surface area contributed by atoms with Crippen LogP contribution in [0, 0.1) is 11.6 Å². The fraction of sp³-hybridized carbons (Fsp3) is 0.133. The number of hydrogen-bond donors (Lipinski definition) is 0. The minimum atomic E-state index is -1.15. The van der Waals surface area contributed by atoms with Crippen molar-refractivity contribution in [3.05, 3.63) is 69.2 Å². The Balaban J connectivity index is 2.19. The molecule has 0 heterocycles. The summed E-state index contributed by atoms with van der Waals surface area (Å²) in [6.45, 7) is 0.200. The van der Waals surface area contributed by atoms with Gasteiger partial charge in [-0.3, -0.25) is 4.79 Å². The van der Waals surface area contributed by atoms with Crippen LogP contribution in [0.15, 0.2) is 36.4 Å². The number of carbonyl (C=O) groups is 1. The van der Waals surface area contributed by atoms with Crippen LogP contribution in [0.2, 0.25) is 10.0 Å². The number of carbonyl (C=O) groups excluding carboxylic acids is 1. The second kappa shape index (κ2) is 6.41. The third kappa shape index (κ3) is 3.52. The third-order valence-corrected chi connectivity index (χ3v) is 3.67. The van der Waals surface area contributed by atoms with Gasteiger partial charge in [0.1, 0.15) is 0 Å². The summed E-state index contributed by atoms with van der Waals surface area (Å²) in [4.78, 5) is 13.4. The predicted octanol–water partition coefficient (Wildman–Crippen LogP) is 4.54. The summed E-state index contributed by atoms with van der Waals surface area (Å²) in [5.41, 5.74) is 0.426. The van der Waals surface area contributed by atoms with Gasteiger partial charge in [-0.15, -0.1) is 0 Å². The van der Waals surface area contributed by atoms with Crippen molar-refractivity contribution in [1.82, 2.24) is 4.90 Å². The lowest BCUT2D eigenvalue weighted by Crippen LogP contribution is -2.27. The van der Waals surface area contributed by atoms with E-state index in [2.05, 4.69) is 0 Å². The van der Waals surface area contributed by atoms with E-state index in [0.29, 0.717) is 10.0 Å². The summed E-state index contributed by atoms with van der Waals surface area (Å²) in [6.07, 6.45) is 0. The van der Waals surface area contributed by atoms with E-state index in [9.17, 15) is 13.6 Å². The van der Waals surface area contributed by atoms with Crippen LogP contribution in [0.25, 0.3) is 0 Å². The quantitative estimate of drug-likeness (QED) is 0.809. The normalized spacial score (nSPS) is 10.5. The second-order valence-corrected chi connectivity index (χ2v) is 5.33. The van der Waals surface area contributed by atoms with Crippen molar-refractivity contribution in [3.63, 3.8) is 0 Å². The van der Waals surface area contributed by atoms with Crippen LogP contribution < -0.4 is 0 Å². The molecule has 0 radical (unpaired) electrons. The molecule has 0 atom stereocenters. The predicted molar refractivity (Wildman–Crippen MR) is 78.6 cm³/mol. The molecule has 0 bridgehead atoms. The molecule has 2 aromatic carbocycles. The van der Waals surface area contributed by atoms with Crippen molar-refractivity contribution in [2.24, 2.45) is 0 Å². The average molecular weight is 330 g/mol. The van der Waals surface area contributed by atoms with Crippen LogP contribution in [0.5, 0.6) is 0 Å². The molecule has 110 valence electrons. The van der Waals surface area contributed by atoms with Crippen molar-refractivity contribution >= 4 is 29.1 Å². The molecule has 0 aliphatic heterocycles. The molecule has 6 heteroatoms. The number of benzene rings is 2. The third-order valence-electron chi connectivity index (χ3n) is 2.93. The SMILES string of the molecule is CN(Cc1ccc(Cl)c(Cl)c1)C(=O)c1cccc(F)c1F. The Bertz CT molecular complexity index is 691.